The topological polar surface area (TPSA) is 36.4 Å². The van der Waals surface area contributed by atoms with Crippen molar-refractivity contribution in [3.63, 3.8) is 0 Å². The lowest BCUT2D eigenvalue weighted by Gasteiger charge is -2.10. The van der Waals surface area contributed by atoms with Gasteiger partial charge in [-0.15, -0.1) is 0 Å². The molecule has 0 bridgehead atoms. The summed E-state index contributed by atoms with van der Waals surface area (Å²) in [7, 11) is 1.81. The molecule has 0 amide bonds. The van der Waals surface area contributed by atoms with Crippen molar-refractivity contribution in [2.45, 2.75) is 26.0 Å². The summed E-state index contributed by atoms with van der Waals surface area (Å²) < 4.78 is 0. The lowest BCUT2D eigenvalue weighted by atomic mass is 10.2. The average molecular weight is 279 g/mol. The number of nitrogens with zero attached hydrogens (tertiary/aromatic N) is 1. The standard InChI is InChI=1S/C15H25N3S/c1-4-9-17-15(16-3)18-10-11-19-12-14-7-5-13(2)6-8-14/h5-8H,4,9-12H2,1-3H3,(H2,16,17,18). The molecule has 1 aromatic rings. The SMILES string of the molecule is CCCNC(=NC)NCCSCc1ccc(C)cc1. The van der Waals surface area contributed by atoms with Crippen LogP contribution in [0.3, 0.4) is 0 Å². The van der Waals surface area contributed by atoms with Crippen molar-refractivity contribution < 1.29 is 0 Å². The first-order valence-corrected chi connectivity index (χ1v) is 7.99. The molecule has 4 heteroatoms. The second-order valence-corrected chi connectivity index (χ2v) is 5.57. The summed E-state index contributed by atoms with van der Waals surface area (Å²) in [6.07, 6.45) is 1.11. The summed E-state index contributed by atoms with van der Waals surface area (Å²) >= 11 is 1.94. The van der Waals surface area contributed by atoms with Gasteiger partial charge in [0.25, 0.3) is 0 Å². The molecule has 0 aliphatic heterocycles. The molecule has 19 heavy (non-hydrogen) atoms. The van der Waals surface area contributed by atoms with Crippen molar-refractivity contribution >= 4 is 17.7 Å². The van der Waals surface area contributed by atoms with E-state index in [2.05, 4.69) is 53.7 Å². The van der Waals surface area contributed by atoms with E-state index < -0.39 is 0 Å². The van der Waals surface area contributed by atoms with Gasteiger partial charge in [0.15, 0.2) is 5.96 Å². The molecule has 0 aliphatic carbocycles. The zero-order valence-corrected chi connectivity index (χ0v) is 13.0. The van der Waals surface area contributed by atoms with Crippen LogP contribution in [0.15, 0.2) is 29.3 Å². The minimum Gasteiger partial charge on any atom is -0.356 e. The lowest BCUT2D eigenvalue weighted by molar-refractivity contribution is 0.795. The highest BCUT2D eigenvalue weighted by Gasteiger charge is 1.96. The molecule has 0 atom stereocenters. The van der Waals surface area contributed by atoms with E-state index >= 15 is 0 Å². The molecule has 106 valence electrons. The van der Waals surface area contributed by atoms with Crippen LogP contribution >= 0.6 is 11.8 Å². The van der Waals surface area contributed by atoms with Gasteiger partial charge in [-0.1, -0.05) is 36.8 Å². The second-order valence-electron chi connectivity index (χ2n) is 4.46. The molecule has 0 aromatic heterocycles. The highest BCUT2D eigenvalue weighted by Crippen LogP contribution is 2.12. The molecule has 0 saturated heterocycles. The monoisotopic (exact) mass is 279 g/mol. The Kier molecular flexibility index (Phi) is 8.14. The smallest absolute Gasteiger partial charge is 0.191 e. The van der Waals surface area contributed by atoms with Crippen LogP contribution in [0, 0.1) is 6.92 Å². The first kappa shape index (κ1) is 15.9. The number of aryl methyl sites for hydroxylation is 1. The Hall–Kier alpha value is -1.16. The molecule has 1 rings (SSSR count). The third-order valence-electron chi connectivity index (χ3n) is 2.69. The number of hydrogen-bond acceptors (Lipinski definition) is 2. The predicted molar refractivity (Wildman–Crippen MR) is 87.0 cm³/mol. The van der Waals surface area contributed by atoms with Crippen LogP contribution in [-0.4, -0.2) is 31.8 Å². The number of aliphatic imine (C=N–C) groups is 1. The van der Waals surface area contributed by atoms with Gasteiger partial charge in [-0.25, -0.2) is 0 Å². The number of rotatable bonds is 7. The summed E-state index contributed by atoms with van der Waals surface area (Å²) in [5.41, 5.74) is 2.71. The fourth-order valence-corrected chi connectivity index (χ4v) is 2.40. The van der Waals surface area contributed by atoms with Gasteiger partial charge in [0.2, 0.25) is 0 Å². The van der Waals surface area contributed by atoms with E-state index in [-0.39, 0.29) is 0 Å². The van der Waals surface area contributed by atoms with E-state index in [1.807, 2.05) is 18.8 Å². The van der Waals surface area contributed by atoms with Crippen molar-refractivity contribution in [2.75, 3.05) is 25.9 Å². The van der Waals surface area contributed by atoms with Crippen molar-refractivity contribution in [3.8, 4) is 0 Å². The van der Waals surface area contributed by atoms with Crippen LogP contribution in [0.2, 0.25) is 0 Å². The number of nitrogens with one attached hydrogen (secondary N) is 2. The second kappa shape index (κ2) is 9.73. The maximum absolute atomic E-state index is 4.18. The zero-order valence-electron chi connectivity index (χ0n) is 12.2. The fraction of sp³-hybridized carbons (Fsp3) is 0.533. The maximum Gasteiger partial charge on any atom is 0.191 e. The normalized spacial score (nSPS) is 11.4. The molecule has 1 aromatic carbocycles. The summed E-state index contributed by atoms with van der Waals surface area (Å²) in [5.74, 6) is 3.06. The lowest BCUT2D eigenvalue weighted by Crippen LogP contribution is -2.38. The Balaban J connectivity index is 2.12. The highest BCUT2D eigenvalue weighted by molar-refractivity contribution is 7.98. The third kappa shape index (κ3) is 7.11. The van der Waals surface area contributed by atoms with Gasteiger partial charge in [-0.05, 0) is 18.9 Å². The zero-order chi connectivity index (χ0) is 13.9. The Morgan fingerprint density at radius 1 is 1.16 bits per heavy atom. The fourth-order valence-electron chi connectivity index (χ4n) is 1.58. The third-order valence-corrected chi connectivity index (χ3v) is 3.72. The van der Waals surface area contributed by atoms with Crippen molar-refractivity contribution in [3.05, 3.63) is 35.4 Å². The molecular formula is C15H25N3S. The van der Waals surface area contributed by atoms with Crippen LogP contribution in [0.25, 0.3) is 0 Å². The molecule has 0 spiro atoms. The Bertz CT molecular complexity index is 373. The quantitative estimate of drug-likeness (QED) is 0.458. The van der Waals surface area contributed by atoms with Crippen molar-refractivity contribution in [2.24, 2.45) is 4.99 Å². The Morgan fingerprint density at radius 2 is 1.84 bits per heavy atom. The molecule has 0 radical (unpaired) electrons. The van der Waals surface area contributed by atoms with E-state index in [1.54, 1.807) is 0 Å². The number of hydrogen-bond donors (Lipinski definition) is 2. The number of thioether (sulfide) groups is 1. The van der Waals surface area contributed by atoms with Gasteiger partial charge in [-0.3, -0.25) is 4.99 Å². The van der Waals surface area contributed by atoms with Gasteiger partial charge < -0.3 is 10.6 Å². The minimum atomic E-state index is 0.901. The summed E-state index contributed by atoms with van der Waals surface area (Å²) in [4.78, 5) is 4.18. The van der Waals surface area contributed by atoms with Gasteiger partial charge in [0.05, 0.1) is 0 Å². The number of guanidine groups is 1. The van der Waals surface area contributed by atoms with Gasteiger partial charge in [-0.2, -0.15) is 11.8 Å². The van der Waals surface area contributed by atoms with Crippen LogP contribution in [0.4, 0.5) is 0 Å². The Morgan fingerprint density at radius 3 is 2.47 bits per heavy atom. The maximum atomic E-state index is 4.18. The first-order chi connectivity index (χ1) is 9.26. The molecule has 0 unspecified atom stereocenters. The van der Waals surface area contributed by atoms with Crippen LogP contribution < -0.4 is 10.6 Å². The molecule has 2 N–H and O–H groups in total. The van der Waals surface area contributed by atoms with E-state index in [0.29, 0.717) is 0 Å². The van der Waals surface area contributed by atoms with E-state index in [0.717, 1.165) is 37.0 Å². The van der Waals surface area contributed by atoms with E-state index in [4.69, 9.17) is 0 Å². The van der Waals surface area contributed by atoms with E-state index in [9.17, 15) is 0 Å². The molecule has 3 nitrogen and oxygen atoms in total. The average Bonchev–Trinajstić information content (AvgIpc) is 2.44. The number of benzene rings is 1. The predicted octanol–water partition coefficient (Wildman–Crippen LogP) is 2.80. The van der Waals surface area contributed by atoms with Gasteiger partial charge >= 0.3 is 0 Å². The van der Waals surface area contributed by atoms with Gasteiger partial charge in [0, 0.05) is 31.6 Å². The van der Waals surface area contributed by atoms with Crippen molar-refractivity contribution in [1.29, 1.82) is 0 Å². The van der Waals surface area contributed by atoms with E-state index in [1.165, 1.54) is 11.1 Å². The van der Waals surface area contributed by atoms with Crippen LogP contribution in [0.5, 0.6) is 0 Å². The van der Waals surface area contributed by atoms with Gasteiger partial charge in [0.1, 0.15) is 0 Å². The molecule has 0 aliphatic rings. The first-order valence-electron chi connectivity index (χ1n) is 6.84. The largest absolute Gasteiger partial charge is 0.356 e. The summed E-state index contributed by atoms with van der Waals surface area (Å²) in [6, 6.07) is 8.75. The van der Waals surface area contributed by atoms with Crippen molar-refractivity contribution in [1.82, 2.24) is 10.6 Å². The molecule has 0 heterocycles. The summed E-state index contributed by atoms with van der Waals surface area (Å²) in [6.45, 7) is 6.18. The summed E-state index contributed by atoms with van der Waals surface area (Å²) in [5, 5.41) is 6.58. The molecule has 0 saturated carbocycles. The van der Waals surface area contributed by atoms with Crippen LogP contribution in [-0.2, 0) is 5.75 Å². The minimum absolute atomic E-state index is 0.901. The molecule has 0 fully saturated rings. The highest BCUT2D eigenvalue weighted by atomic mass is 32.2. The van der Waals surface area contributed by atoms with Crippen LogP contribution in [0.1, 0.15) is 24.5 Å². The Labute approximate surface area is 121 Å². The molecular weight excluding hydrogens is 254 g/mol.